The van der Waals surface area contributed by atoms with E-state index in [1.165, 1.54) is 43.4 Å². The van der Waals surface area contributed by atoms with Crippen LogP contribution in [0.2, 0.25) is 0 Å². The van der Waals surface area contributed by atoms with Crippen LogP contribution in [0.3, 0.4) is 0 Å². The van der Waals surface area contributed by atoms with E-state index in [1.54, 1.807) is 0 Å². The molecule has 0 unspecified atom stereocenters. The lowest BCUT2D eigenvalue weighted by Gasteiger charge is -2.16. The molecule has 15 rings (SSSR count). The summed E-state index contributed by atoms with van der Waals surface area (Å²) in [6.45, 7) is 0. The molecule has 0 bridgehead atoms. The smallest absolute Gasteiger partial charge is 0.164 e. The summed E-state index contributed by atoms with van der Waals surface area (Å²) in [5, 5.41) is 9.48. The second-order valence-electron chi connectivity index (χ2n) is 18.8. The Bertz CT molecular complexity index is 4380. The Morgan fingerprint density at radius 3 is 0.973 bits per heavy atom. The highest BCUT2D eigenvalue weighted by molar-refractivity contribution is 6.12. The minimum atomic E-state index is 0.585. The Morgan fingerprint density at radius 2 is 0.534 bits per heavy atom. The van der Waals surface area contributed by atoms with Crippen LogP contribution in [0.25, 0.3) is 139 Å². The fourth-order valence-corrected chi connectivity index (χ4v) is 11.5. The summed E-state index contributed by atoms with van der Waals surface area (Å²) < 4.78 is 7.13. The van der Waals surface area contributed by atoms with Crippen molar-refractivity contribution in [1.82, 2.24) is 28.7 Å². The van der Waals surface area contributed by atoms with Gasteiger partial charge in [-0.25, -0.2) is 15.0 Å². The molecular formula is C67H42N6. The fraction of sp³-hybridized carbons (Fsp3) is 0. The van der Waals surface area contributed by atoms with E-state index in [4.69, 9.17) is 15.0 Å². The summed E-state index contributed by atoms with van der Waals surface area (Å²) in [5.74, 6) is 1.80. The molecule has 0 saturated carbocycles. The maximum atomic E-state index is 5.49. The molecule has 6 nitrogen and oxygen atoms in total. The molecule has 0 aliphatic carbocycles. The molecule has 15 aromatic rings. The first kappa shape index (κ1) is 40.9. The van der Waals surface area contributed by atoms with Crippen molar-refractivity contribution < 1.29 is 0 Å². The molecule has 4 aromatic heterocycles. The van der Waals surface area contributed by atoms with E-state index in [2.05, 4.69) is 250 Å². The summed E-state index contributed by atoms with van der Waals surface area (Å²) in [4.78, 5) is 16.2. The average molecular weight is 931 g/mol. The highest BCUT2D eigenvalue weighted by Gasteiger charge is 2.21. The van der Waals surface area contributed by atoms with Crippen LogP contribution in [-0.4, -0.2) is 28.7 Å². The van der Waals surface area contributed by atoms with E-state index >= 15 is 0 Å². The molecule has 0 saturated heterocycles. The molecule has 0 atom stereocenters. The van der Waals surface area contributed by atoms with E-state index in [9.17, 15) is 0 Å². The molecule has 0 amide bonds. The van der Waals surface area contributed by atoms with Crippen LogP contribution in [-0.2, 0) is 0 Å². The van der Waals surface area contributed by atoms with Gasteiger partial charge in [0, 0.05) is 66.1 Å². The van der Waals surface area contributed by atoms with Crippen molar-refractivity contribution >= 4 is 76.2 Å². The van der Waals surface area contributed by atoms with Crippen molar-refractivity contribution in [1.29, 1.82) is 0 Å². The molecule has 11 aromatic carbocycles. The van der Waals surface area contributed by atoms with Crippen molar-refractivity contribution in [2.75, 3.05) is 0 Å². The van der Waals surface area contributed by atoms with Gasteiger partial charge in [-0.15, -0.1) is 0 Å². The van der Waals surface area contributed by atoms with Gasteiger partial charge in [0.2, 0.25) is 0 Å². The Labute approximate surface area is 420 Å². The zero-order chi connectivity index (χ0) is 48.0. The summed E-state index contributed by atoms with van der Waals surface area (Å²) in [7, 11) is 0. The fourth-order valence-electron chi connectivity index (χ4n) is 11.5. The molecule has 4 heterocycles. The number of para-hydroxylation sites is 6. The van der Waals surface area contributed by atoms with Crippen molar-refractivity contribution in [3.05, 3.63) is 255 Å². The third-order valence-electron chi connectivity index (χ3n) is 14.7. The molecule has 340 valence electrons. The van der Waals surface area contributed by atoms with Crippen LogP contribution >= 0.6 is 0 Å². The van der Waals surface area contributed by atoms with Crippen LogP contribution in [0, 0.1) is 0 Å². The maximum absolute atomic E-state index is 5.49. The Kier molecular flexibility index (Phi) is 9.16. The van der Waals surface area contributed by atoms with Gasteiger partial charge in [-0.05, 0) is 94.7 Å². The summed E-state index contributed by atoms with van der Waals surface area (Å²) >= 11 is 0. The highest BCUT2D eigenvalue weighted by atomic mass is 15.0. The summed E-state index contributed by atoms with van der Waals surface area (Å²) in [6.07, 6.45) is 0. The molecule has 0 aliphatic rings. The number of fused-ring (bicyclic) bond motifs is 10. The molecule has 0 radical (unpaired) electrons. The van der Waals surface area contributed by atoms with Crippen molar-refractivity contribution in [3.8, 4) is 62.4 Å². The quantitative estimate of drug-likeness (QED) is 0.160. The average Bonchev–Trinajstić information content (AvgIpc) is 4.11. The number of nitrogens with zero attached hydrogens (tertiary/aromatic N) is 6. The van der Waals surface area contributed by atoms with Gasteiger partial charge in [-0.3, -0.25) is 0 Å². The Balaban J connectivity index is 0.932. The lowest BCUT2D eigenvalue weighted by molar-refractivity contribution is 1.07. The Morgan fingerprint density at radius 1 is 0.205 bits per heavy atom. The number of aromatic nitrogens is 6. The first-order valence-corrected chi connectivity index (χ1v) is 24.8. The van der Waals surface area contributed by atoms with Crippen molar-refractivity contribution in [3.63, 3.8) is 0 Å². The van der Waals surface area contributed by atoms with Gasteiger partial charge in [0.05, 0.1) is 33.1 Å². The van der Waals surface area contributed by atoms with E-state index in [1.807, 2.05) is 18.2 Å². The van der Waals surface area contributed by atoms with Gasteiger partial charge in [-0.1, -0.05) is 182 Å². The van der Waals surface area contributed by atoms with Crippen LogP contribution in [0.15, 0.2) is 255 Å². The largest absolute Gasteiger partial charge is 0.309 e. The molecule has 0 spiro atoms. The van der Waals surface area contributed by atoms with Crippen molar-refractivity contribution in [2.24, 2.45) is 0 Å². The summed E-state index contributed by atoms with van der Waals surface area (Å²) in [6, 6.07) is 91.1. The van der Waals surface area contributed by atoms with Gasteiger partial charge in [0.15, 0.2) is 17.5 Å². The zero-order valence-electron chi connectivity index (χ0n) is 39.4. The predicted molar refractivity (Wildman–Crippen MR) is 302 cm³/mol. The molecule has 73 heavy (non-hydrogen) atoms. The first-order chi connectivity index (χ1) is 36.2. The molecule has 0 aliphatic heterocycles. The van der Waals surface area contributed by atoms with Crippen LogP contribution in [0.4, 0.5) is 0 Å². The zero-order valence-corrected chi connectivity index (χ0v) is 39.4. The standard InChI is InChI=1S/C67H42N6/c1-2-18-44(19-3-1)65-68-66(45-40-47(72-61-30-14-8-24-54(61)55-25-9-15-31-62(55)72)42-48(41-45)73-63-32-16-10-26-56(63)57-27-11-17-33-64(57)73)70-67(69-65)58-39-38-49(50-20-4-5-21-51(50)58)43-34-36-46(37-35-43)71-59-28-12-6-22-52(59)53-23-7-13-29-60(53)71/h1-42H. The highest BCUT2D eigenvalue weighted by Crippen LogP contribution is 2.40. The van der Waals surface area contributed by atoms with Crippen LogP contribution < -0.4 is 0 Å². The van der Waals surface area contributed by atoms with E-state index < -0.39 is 0 Å². The Hall–Kier alpha value is -9.91. The number of hydrogen-bond acceptors (Lipinski definition) is 3. The number of benzene rings is 11. The van der Waals surface area contributed by atoms with Gasteiger partial charge >= 0.3 is 0 Å². The molecular weight excluding hydrogens is 889 g/mol. The minimum absolute atomic E-state index is 0.585. The van der Waals surface area contributed by atoms with E-state index in [0.29, 0.717) is 17.5 Å². The lowest BCUT2D eigenvalue weighted by atomic mass is 9.94. The lowest BCUT2D eigenvalue weighted by Crippen LogP contribution is -2.03. The third kappa shape index (κ3) is 6.47. The van der Waals surface area contributed by atoms with Gasteiger partial charge in [0.1, 0.15) is 0 Å². The maximum Gasteiger partial charge on any atom is 0.164 e. The van der Waals surface area contributed by atoms with E-state index in [-0.39, 0.29) is 0 Å². The normalized spacial score (nSPS) is 11.8. The molecule has 0 N–H and O–H groups in total. The van der Waals surface area contributed by atoms with Gasteiger partial charge in [0.25, 0.3) is 0 Å². The molecule has 0 fully saturated rings. The first-order valence-electron chi connectivity index (χ1n) is 24.8. The van der Waals surface area contributed by atoms with Crippen molar-refractivity contribution in [2.45, 2.75) is 0 Å². The second kappa shape index (κ2) is 16.3. The number of rotatable bonds is 7. The van der Waals surface area contributed by atoms with Gasteiger partial charge < -0.3 is 13.7 Å². The summed E-state index contributed by atoms with van der Waals surface area (Å²) in [5.41, 5.74) is 15.0. The number of hydrogen-bond donors (Lipinski definition) is 0. The third-order valence-corrected chi connectivity index (χ3v) is 14.7. The predicted octanol–water partition coefficient (Wildman–Crippen LogP) is 17.0. The van der Waals surface area contributed by atoms with Crippen LogP contribution in [0.5, 0.6) is 0 Å². The van der Waals surface area contributed by atoms with E-state index in [0.717, 1.165) is 77.7 Å². The SMILES string of the molecule is c1ccc(-c2nc(-c3cc(-n4c5ccccc5c5ccccc54)cc(-n4c5ccccc5c5ccccc54)c3)nc(-c3ccc(-c4ccc(-n5c6ccccc6c6ccccc65)cc4)c4ccccc34)n2)cc1. The van der Waals surface area contributed by atoms with Gasteiger partial charge in [-0.2, -0.15) is 0 Å². The molecule has 6 heteroatoms. The minimum Gasteiger partial charge on any atom is -0.309 e. The monoisotopic (exact) mass is 930 g/mol. The topological polar surface area (TPSA) is 53.5 Å². The second-order valence-corrected chi connectivity index (χ2v) is 18.8. The van der Waals surface area contributed by atoms with Crippen LogP contribution in [0.1, 0.15) is 0 Å².